The molecule has 120 valence electrons. The average Bonchev–Trinajstić information content (AvgIpc) is 2.43. The third-order valence-electron chi connectivity index (χ3n) is 3.47. The molecule has 0 saturated heterocycles. The van der Waals surface area contributed by atoms with Crippen molar-refractivity contribution in [2.24, 2.45) is 11.7 Å². The minimum Gasteiger partial charge on any atom is -0.349 e. The first kappa shape index (κ1) is 19.9. The molecule has 0 heterocycles. The number of nitrogens with one attached hydrogen (secondary N) is 1. The predicted molar refractivity (Wildman–Crippen MR) is 91.7 cm³/mol. The molecule has 4 heteroatoms. The summed E-state index contributed by atoms with van der Waals surface area (Å²) in [5.74, 6) is 0.459. The Morgan fingerprint density at radius 3 is 2.33 bits per heavy atom. The molecule has 0 aliphatic heterocycles. The molecule has 0 spiro atoms. The van der Waals surface area contributed by atoms with Crippen LogP contribution in [0.2, 0.25) is 0 Å². The first-order valence-corrected chi connectivity index (χ1v) is 7.66. The summed E-state index contributed by atoms with van der Waals surface area (Å²) in [5, 5.41) is 3.12. The number of amides is 1. The average molecular weight is 313 g/mol. The molecule has 1 unspecified atom stereocenters. The molecular formula is C17H29ClN2O. The number of hydrogen-bond donors (Lipinski definition) is 2. The van der Waals surface area contributed by atoms with E-state index in [1.807, 2.05) is 0 Å². The van der Waals surface area contributed by atoms with Gasteiger partial charge in [-0.15, -0.1) is 12.4 Å². The minimum absolute atomic E-state index is 0. The SMILES string of the molecule is CCCc1ccc(C(NC(=O)CCCN)C(C)C)cc1.Cl. The Kier molecular flexibility index (Phi) is 10.1. The Morgan fingerprint density at radius 2 is 1.86 bits per heavy atom. The van der Waals surface area contributed by atoms with Crippen LogP contribution in [-0.2, 0) is 11.2 Å². The molecule has 3 N–H and O–H groups in total. The number of halogens is 1. The number of nitrogens with two attached hydrogens (primary N) is 1. The van der Waals surface area contributed by atoms with Gasteiger partial charge in [0.05, 0.1) is 6.04 Å². The van der Waals surface area contributed by atoms with Gasteiger partial charge in [0.25, 0.3) is 0 Å². The monoisotopic (exact) mass is 312 g/mol. The molecule has 1 aromatic rings. The molecule has 1 aromatic carbocycles. The van der Waals surface area contributed by atoms with Crippen LogP contribution in [0.15, 0.2) is 24.3 Å². The predicted octanol–water partition coefficient (Wildman–Crippen LogP) is 3.61. The highest BCUT2D eigenvalue weighted by molar-refractivity contribution is 5.85. The van der Waals surface area contributed by atoms with Crippen molar-refractivity contribution in [3.05, 3.63) is 35.4 Å². The van der Waals surface area contributed by atoms with E-state index < -0.39 is 0 Å². The van der Waals surface area contributed by atoms with Crippen LogP contribution >= 0.6 is 12.4 Å². The Hall–Kier alpha value is -1.06. The van der Waals surface area contributed by atoms with Gasteiger partial charge >= 0.3 is 0 Å². The Bertz CT molecular complexity index is 404. The fourth-order valence-corrected chi connectivity index (χ4v) is 2.32. The van der Waals surface area contributed by atoms with Crippen molar-refractivity contribution in [1.82, 2.24) is 5.32 Å². The molecule has 0 bridgehead atoms. The molecular weight excluding hydrogens is 284 g/mol. The van der Waals surface area contributed by atoms with E-state index in [9.17, 15) is 4.79 Å². The van der Waals surface area contributed by atoms with E-state index in [0.29, 0.717) is 18.9 Å². The molecule has 1 rings (SSSR count). The second kappa shape index (κ2) is 10.6. The lowest BCUT2D eigenvalue weighted by Gasteiger charge is -2.23. The van der Waals surface area contributed by atoms with Crippen molar-refractivity contribution in [3.63, 3.8) is 0 Å². The summed E-state index contributed by atoms with van der Waals surface area (Å²) < 4.78 is 0. The van der Waals surface area contributed by atoms with Gasteiger partial charge in [0, 0.05) is 6.42 Å². The fourth-order valence-electron chi connectivity index (χ4n) is 2.32. The van der Waals surface area contributed by atoms with Crippen molar-refractivity contribution >= 4 is 18.3 Å². The maximum Gasteiger partial charge on any atom is 0.220 e. The minimum atomic E-state index is 0. The number of rotatable bonds is 8. The van der Waals surface area contributed by atoms with Crippen molar-refractivity contribution in [2.75, 3.05) is 6.54 Å². The maximum atomic E-state index is 11.9. The van der Waals surface area contributed by atoms with Crippen LogP contribution in [-0.4, -0.2) is 12.5 Å². The molecule has 1 amide bonds. The molecule has 0 aromatic heterocycles. The normalized spacial score (nSPS) is 11.9. The summed E-state index contributed by atoms with van der Waals surface area (Å²) in [6.45, 7) is 7.01. The van der Waals surface area contributed by atoms with E-state index in [1.54, 1.807) is 0 Å². The molecule has 0 fully saturated rings. The fraction of sp³-hybridized carbons (Fsp3) is 0.588. The van der Waals surface area contributed by atoms with E-state index >= 15 is 0 Å². The van der Waals surface area contributed by atoms with Crippen LogP contribution in [0.5, 0.6) is 0 Å². The van der Waals surface area contributed by atoms with Crippen molar-refractivity contribution in [1.29, 1.82) is 0 Å². The summed E-state index contributed by atoms with van der Waals surface area (Å²) in [4.78, 5) is 11.9. The number of carbonyl (C=O) groups excluding carboxylic acids is 1. The van der Waals surface area contributed by atoms with Crippen LogP contribution in [0.3, 0.4) is 0 Å². The molecule has 0 aliphatic rings. The second-order valence-electron chi connectivity index (χ2n) is 5.67. The third-order valence-corrected chi connectivity index (χ3v) is 3.47. The summed E-state index contributed by atoms with van der Waals surface area (Å²) in [7, 11) is 0. The van der Waals surface area contributed by atoms with Gasteiger partial charge in [-0.25, -0.2) is 0 Å². The summed E-state index contributed by atoms with van der Waals surface area (Å²) in [5.41, 5.74) is 7.98. The lowest BCUT2D eigenvalue weighted by atomic mass is 9.94. The number of carbonyl (C=O) groups is 1. The van der Waals surface area contributed by atoms with Crippen molar-refractivity contribution < 1.29 is 4.79 Å². The van der Waals surface area contributed by atoms with Gasteiger partial charge in [-0.3, -0.25) is 4.79 Å². The Labute approximate surface area is 135 Å². The van der Waals surface area contributed by atoms with Crippen LogP contribution in [0.1, 0.15) is 57.2 Å². The first-order chi connectivity index (χ1) is 9.58. The van der Waals surface area contributed by atoms with Gasteiger partial charge in [0.2, 0.25) is 5.91 Å². The molecule has 0 aliphatic carbocycles. The highest BCUT2D eigenvalue weighted by Gasteiger charge is 2.17. The highest BCUT2D eigenvalue weighted by atomic mass is 35.5. The van der Waals surface area contributed by atoms with Gasteiger partial charge in [-0.1, -0.05) is 51.5 Å². The molecule has 3 nitrogen and oxygen atoms in total. The lowest BCUT2D eigenvalue weighted by Crippen LogP contribution is -2.31. The van der Waals surface area contributed by atoms with Crippen molar-refractivity contribution in [3.8, 4) is 0 Å². The number of benzene rings is 1. The van der Waals surface area contributed by atoms with E-state index in [-0.39, 0.29) is 24.4 Å². The van der Waals surface area contributed by atoms with Gasteiger partial charge in [0.1, 0.15) is 0 Å². The van der Waals surface area contributed by atoms with Crippen molar-refractivity contribution in [2.45, 2.75) is 52.5 Å². The quantitative estimate of drug-likeness (QED) is 0.770. The first-order valence-electron chi connectivity index (χ1n) is 7.66. The second-order valence-corrected chi connectivity index (χ2v) is 5.67. The molecule has 0 radical (unpaired) electrons. The summed E-state index contributed by atoms with van der Waals surface area (Å²) >= 11 is 0. The summed E-state index contributed by atoms with van der Waals surface area (Å²) in [6.07, 6.45) is 3.51. The van der Waals surface area contributed by atoms with E-state index in [1.165, 1.54) is 11.1 Å². The zero-order valence-electron chi connectivity index (χ0n) is 13.4. The van der Waals surface area contributed by atoms with Crippen LogP contribution in [0.4, 0.5) is 0 Å². The van der Waals surface area contributed by atoms with Gasteiger partial charge in [-0.05, 0) is 36.4 Å². The smallest absolute Gasteiger partial charge is 0.220 e. The Morgan fingerprint density at radius 1 is 1.24 bits per heavy atom. The van der Waals surface area contributed by atoms with Crippen LogP contribution < -0.4 is 11.1 Å². The van der Waals surface area contributed by atoms with E-state index in [2.05, 4.69) is 50.4 Å². The van der Waals surface area contributed by atoms with Gasteiger partial charge in [0.15, 0.2) is 0 Å². The standard InChI is InChI=1S/C17H28N2O.ClH/c1-4-6-14-8-10-15(11-9-14)17(13(2)3)19-16(20)7-5-12-18;/h8-11,13,17H,4-7,12,18H2,1-3H3,(H,19,20);1H. The van der Waals surface area contributed by atoms with Gasteiger partial charge in [-0.2, -0.15) is 0 Å². The van der Waals surface area contributed by atoms with Crippen LogP contribution in [0.25, 0.3) is 0 Å². The zero-order valence-corrected chi connectivity index (χ0v) is 14.2. The maximum absolute atomic E-state index is 11.9. The van der Waals surface area contributed by atoms with E-state index in [4.69, 9.17) is 5.73 Å². The van der Waals surface area contributed by atoms with Gasteiger partial charge < -0.3 is 11.1 Å². The number of aryl methyl sites for hydroxylation is 1. The molecule has 1 atom stereocenters. The highest BCUT2D eigenvalue weighted by Crippen LogP contribution is 2.22. The van der Waals surface area contributed by atoms with Crippen LogP contribution in [0, 0.1) is 5.92 Å². The molecule has 21 heavy (non-hydrogen) atoms. The Balaban J connectivity index is 0.00000400. The largest absolute Gasteiger partial charge is 0.349 e. The lowest BCUT2D eigenvalue weighted by molar-refractivity contribution is -0.122. The topological polar surface area (TPSA) is 55.1 Å². The third kappa shape index (κ3) is 6.96. The zero-order chi connectivity index (χ0) is 15.0. The number of hydrogen-bond acceptors (Lipinski definition) is 2. The summed E-state index contributed by atoms with van der Waals surface area (Å²) in [6, 6.07) is 8.69. The van der Waals surface area contributed by atoms with E-state index in [0.717, 1.165) is 19.3 Å². The molecule has 0 saturated carbocycles.